The maximum absolute atomic E-state index is 12.3. The summed E-state index contributed by atoms with van der Waals surface area (Å²) in [7, 11) is 0. The first-order valence-electron chi connectivity index (χ1n) is 3.65. The van der Waals surface area contributed by atoms with Gasteiger partial charge in [-0.25, -0.2) is 14.2 Å². The Morgan fingerprint density at radius 3 is 2.54 bits per heavy atom. The lowest BCUT2D eigenvalue weighted by atomic mass is 10.1. The van der Waals surface area contributed by atoms with Gasteiger partial charge in [-0.05, 0) is 17.7 Å². The average Bonchev–Trinajstić information content (AvgIpc) is 2.04. The molecule has 0 saturated carbocycles. The monoisotopic (exact) mass is 206 g/mol. The minimum atomic E-state index is -2.55. The van der Waals surface area contributed by atoms with Crippen LogP contribution < -0.4 is 11.3 Å². The van der Waals surface area contributed by atoms with E-state index in [1.165, 1.54) is 6.07 Å². The van der Waals surface area contributed by atoms with Gasteiger partial charge in [-0.3, -0.25) is 5.84 Å². The van der Waals surface area contributed by atoms with E-state index in [4.69, 9.17) is 17.4 Å². The van der Waals surface area contributed by atoms with E-state index in [1.54, 1.807) is 18.2 Å². The molecule has 0 aromatic heterocycles. The Hall–Kier alpha value is -0.710. The lowest BCUT2D eigenvalue weighted by molar-refractivity contribution is 0.0986. The maximum atomic E-state index is 12.3. The molecule has 13 heavy (non-hydrogen) atoms. The number of alkyl halides is 2. The Bertz CT molecular complexity index is 281. The molecule has 72 valence electrons. The Morgan fingerprint density at radius 2 is 2.08 bits per heavy atom. The Balaban J connectivity index is 2.91. The first-order chi connectivity index (χ1) is 6.15. The maximum Gasteiger partial charge on any atom is 0.259 e. The molecule has 0 heterocycles. The van der Waals surface area contributed by atoms with Crippen molar-refractivity contribution in [3.8, 4) is 0 Å². The molecule has 0 amide bonds. The van der Waals surface area contributed by atoms with Crippen LogP contribution in [0.2, 0.25) is 5.02 Å². The van der Waals surface area contributed by atoms with E-state index >= 15 is 0 Å². The van der Waals surface area contributed by atoms with Crippen molar-refractivity contribution in [1.29, 1.82) is 0 Å². The predicted octanol–water partition coefficient (Wildman–Crippen LogP) is 2.11. The second-order valence-electron chi connectivity index (χ2n) is 2.53. The number of nitrogens with two attached hydrogens (primary N) is 1. The van der Waals surface area contributed by atoms with Gasteiger partial charge < -0.3 is 0 Å². The molecule has 0 aliphatic heterocycles. The minimum absolute atomic E-state index is 0.380. The number of hydrogen-bond donors (Lipinski definition) is 2. The van der Waals surface area contributed by atoms with Crippen LogP contribution in [-0.4, -0.2) is 6.43 Å². The van der Waals surface area contributed by atoms with E-state index in [-0.39, 0.29) is 0 Å². The van der Waals surface area contributed by atoms with Crippen LogP contribution in [-0.2, 0) is 0 Å². The Kier molecular flexibility index (Phi) is 3.59. The number of halogens is 3. The highest BCUT2D eigenvalue weighted by molar-refractivity contribution is 6.30. The molecule has 0 aliphatic carbocycles. The van der Waals surface area contributed by atoms with Gasteiger partial charge in [0.2, 0.25) is 0 Å². The van der Waals surface area contributed by atoms with Gasteiger partial charge in [-0.2, -0.15) is 0 Å². The van der Waals surface area contributed by atoms with Gasteiger partial charge in [0.1, 0.15) is 6.04 Å². The van der Waals surface area contributed by atoms with E-state index in [9.17, 15) is 8.78 Å². The van der Waals surface area contributed by atoms with Crippen molar-refractivity contribution in [2.45, 2.75) is 12.5 Å². The highest BCUT2D eigenvalue weighted by Gasteiger charge is 2.20. The molecule has 1 aromatic carbocycles. The zero-order valence-corrected chi connectivity index (χ0v) is 7.43. The summed E-state index contributed by atoms with van der Waals surface area (Å²) >= 11 is 5.64. The zero-order chi connectivity index (χ0) is 9.84. The van der Waals surface area contributed by atoms with Gasteiger partial charge in [0, 0.05) is 5.02 Å². The first kappa shape index (κ1) is 10.4. The summed E-state index contributed by atoms with van der Waals surface area (Å²) in [4.78, 5) is 0. The molecule has 3 N–H and O–H groups in total. The molecule has 1 unspecified atom stereocenters. The summed E-state index contributed by atoms with van der Waals surface area (Å²) < 4.78 is 24.7. The fourth-order valence-corrected chi connectivity index (χ4v) is 1.21. The SMILES string of the molecule is NNC(c1cccc(Cl)c1)C(F)F. The third-order valence-electron chi connectivity index (χ3n) is 1.64. The predicted molar refractivity (Wildman–Crippen MR) is 47.5 cm³/mol. The molecule has 0 fully saturated rings. The van der Waals surface area contributed by atoms with Crippen molar-refractivity contribution in [1.82, 2.24) is 5.43 Å². The summed E-state index contributed by atoms with van der Waals surface area (Å²) in [6, 6.07) is 5.05. The van der Waals surface area contributed by atoms with Crippen LogP contribution in [0.1, 0.15) is 11.6 Å². The molecule has 0 spiro atoms. The van der Waals surface area contributed by atoms with Crippen molar-refractivity contribution in [2.75, 3.05) is 0 Å². The normalized spacial score (nSPS) is 13.3. The average molecular weight is 207 g/mol. The standard InChI is InChI=1S/C8H9ClF2N2/c9-6-3-1-2-5(4-6)7(13-12)8(10)11/h1-4,7-8,13H,12H2. The fourth-order valence-electron chi connectivity index (χ4n) is 1.01. The van der Waals surface area contributed by atoms with Gasteiger partial charge in [0.05, 0.1) is 0 Å². The van der Waals surface area contributed by atoms with E-state index < -0.39 is 12.5 Å². The summed E-state index contributed by atoms with van der Waals surface area (Å²) in [5.74, 6) is 4.98. The zero-order valence-electron chi connectivity index (χ0n) is 6.68. The van der Waals surface area contributed by atoms with Crippen molar-refractivity contribution in [2.24, 2.45) is 5.84 Å². The van der Waals surface area contributed by atoms with Gasteiger partial charge in [-0.15, -0.1) is 0 Å². The highest BCUT2D eigenvalue weighted by Crippen LogP contribution is 2.22. The molecule has 0 aliphatic rings. The van der Waals surface area contributed by atoms with Crippen LogP contribution in [0.5, 0.6) is 0 Å². The summed E-state index contributed by atoms with van der Waals surface area (Å²) in [5.41, 5.74) is 2.42. The Labute approximate surface area is 79.7 Å². The number of hydrazine groups is 1. The van der Waals surface area contributed by atoms with E-state index in [1.807, 2.05) is 5.43 Å². The molecule has 2 nitrogen and oxygen atoms in total. The molecule has 0 saturated heterocycles. The lowest BCUT2D eigenvalue weighted by Gasteiger charge is -2.14. The first-order valence-corrected chi connectivity index (χ1v) is 4.02. The quantitative estimate of drug-likeness (QED) is 0.587. The Morgan fingerprint density at radius 1 is 1.38 bits per heavy atom. The van der Waals surface area contributed by atoms with Gasteiger partial charge >= 0.3 is 0 Å². The number of hydrogen-bond acceptors (Lipinski definition) is 2. The minimum Gasteiger partial charge on any atom is -0.271 e. The molecule has 1 rings (SSSR count). The number of nitrogens with one attached hydrogen (secondary N) is 1. The van der Waals surface area contributed by atoms with Gasteiger partial charge in [0.25, 0.3) is 6.43 Å². The van der Waals surface area contributed by atoms with Crippen molar-refractivity contribution < 1.29 is 8.78 Å². The molecular weight excluding hydrogens is 198 g/mol. The molecule has 1 atom stereocenters. The van der Waals surface area contributed by atoms with E-state index in [0.717, 1.165) is 0 Å². The third-order valence-corrected chi connectivity index (χ3v) is 1.87. The fraction of sp³-hybridized carbons (Fsp3) is 0.250. The van der Waals surface area contributed by atoms with Crippen molar-refractivity contribution in [3.05, 3.63) is 34.9 Å². The van der Waals surface area contributed by atoms with Gasteiger partial charge in [0.15, 0.2) is 0 Å². The molecule has 1 aromatic rings. The lowest BCUT2D eigenvalue weighted by Crippen LogP contribution is -2.32. The topological polar surface area (TPSA) is 38.0 Å². The van der Waals surface area contributed by atoms with Crippen LogP contribution in [0.15, 0.2) is 24.3 Å². The molecule has 0 radical (unpaired) electrons. The van der Waals surface area contributed by atoms with Crippen LogP contribution in [0.25, 0.3) is 0 Å². The van der Waals surface area contributed by atoms with Crippen LogP contribution in [0.4, 0.5) is 8.78 Å². The number of benzene rings is 1. The summed E-state index contributed by atoms with van der Waals surface area (Å²) in [5, 5.41) is 0.415. The summed E-state index contributed by atoms with van der Waals surface area (Å²) in [6.07, 6.45) is -2.55. The van der Waals surface area contributed by atoms with Crippen molar-refractivity contribution in [3.63, 3.8) is 0 Å². The summed E-state index contributed by atoms with van der Waals surface area (Å²) in [6.45, 7) is 0. The van der Waals surface area contributed by atoms with Crippen molar-refractivity contribution >= 4 is 11.6 Å². The van der Waals surface area contributed by atoms with Crippen LogP contribution in [0, 0.1) is 0 Å². The highest BCUT2D eigenvalue weighted by atomic mass is 35.5. The second-order valence-corrected chi connectivity index (χ2v) is 2.97. The van der Waals surface area contributed by atoms with E-state index in [0.29, 0.717) is 10.6 Å². The van der Waals surface area contributed by atoms with Gasteiger partial charge in [-0.1, -0.05) is 23.7 Å². The largest absolute Gasteiger partial charge is 0.271 e. The van der Waals surface area contributed by atoms with Crippen LogP contribution in [0.3, 0.4) is 0 Å². The van der Waals surface area contributed by atoms with Crippen LogP contribution >= 0.6 is 11.6 Å². The molecule has 0 bridgehead atoms. The number of rotatable bonds is 3. The second kappa shape index (κ2) is 4.50. The smallest absolute Gasteiger partial charge is 0.259 e. The molecule has 5 heteroatoms. The third kappa shape index (κ3) is 2.62. The van der Waals surface area contributed by atoms with E-state index in [2.05, 4.69) is 0 Å². The molecular formula is C8H9ClF2N2.